The van der Waals surface area contributed by atoms with E-state index in [9.17, 15) is 9.59 Å². The minimum Gasteiger partial charge on any atom is -0.451 e. The van der Waals surface area contributed by atoms with Crippen LogP contribution in [0.5, 0.6) is 0 Å². The van der Waals surface area contributed by atoms with Crippen LogP contribution in [0.2, 0.25) is 0 Å². The summed E-state index contributed by atoms with van der Waals surface area (Å²) in [5, 5.41) is 4.51. The Hall–Kier alpha value is -1.36. The highest BCUT2D eigenvalue weighted by molar-refractivity contribution is 7.12. The molecule has 0 fully saturated rings. The van der Waals surface area contributed by atoms with E-state index >= 15 is 0 Å². The van der Waals surface area contributed by atoms with Crippen molar-refractivity contribution in [2.24, 2.45) is 0 Å². The second-order valence-corrected chi connectivity index (χ2v) is 4.63. The largest absolute Gasteiger partial charge is 0.451 e. The van der Waals surface area contributed by atoms with E-state index in [1.807, 2.05) is 25.3 Å². The lowest BCUT2D eigenvalue weighted by Crippen LogP contribution is -2.29. The average molecular weight is 255 g/mol. The molecule has 94 valence electrons. The molecule has 1 rings (SSSR count). The van der Waals surface area contributed by atoms with Crippen LogP contribution in [0.1, 0.15) is 35.0 Å². The van der Waals surface area contributed by atoms with E-state index in [0.717, 1.165) is 18.4 Å². The highest BCUT2D eigenvalue weighted by atomic mass is 32.1. The maximum absolute atomic E-state index is 11.6. The van der Waals surface area contributed by atoms with Crippen LogP contribution >= 0.6 is 11.3 Å². The lowest BCUT2D eigenvalue weighted by molar-refractivity contribution is -0.124. The summed E-state index contributed by atoms with van der Waals surface area (Å²) in [6.07, 6.45) is 1.96. The zero-order valence-corrected chi connectivity index (χ0v) is 10.9. The topological polar surface area (TPSA) is 55.4 Å². The Morgan fingerprint density at radius 1 is 1.47 bits per heavy atom. The van der Waals surface area contributed by atoms with Crippen molar-refractivity contribution in [1.29, 1.82) is 0 Å². The van der Waals surface area contributed by atoms with E-state index in [-0.39, 0.29) is 12.5 Å². The summed E-state index contributed by atoms with van der Waals surface area (Å²) in [4.78, 5) is 23.4. The zero-order valence-electron chi connectivity index (χ0n) is 10.1. The summed E-state index contributed by atoms with van der Waals surface area (Å²) < 4.78 is 4.92. The molecule has 0 aromatic carbocycles. The Kier molecular flexibility index (Phi) is 5.69. The first kappa shape index (κ1) is 13.7. The lowest BCUT2D eigenvalue weighted by Gasteiger charge is -2.05. The van der Waals surface area contributed by atoms with E-state index in [0.29, 0.717) is 11.4 Å². The minimum absolute atomic E-state index is 0.208. The van der Waals surface area contributed by atoms with Crippen molar-refractivity contribution in [3.63, 3.8) is 0 Å². The van der Waals surface area contributed by atoms with E-state index in [1.165, 1.54) is 11.3 Å². The number of hydrogen-bond acceptors (Lipinski definition) is 4. The molecule has 0 saturated heterocycles. The van der Waals surface area contributed by atoms with Crippen molar-refractivity contribution in [1.82, 2.24) is 5.32 Å². The van der Waals surface area contributed by atoms with Crippen LogP contribution in [0.15, 0.2) is 11.4 Å². The summed E-state index contributed by atoms with van der Waals surface area (Å²) in [6, 6.07) is 1.85. The molecular weight excluding hydrogens is 238 g/mol. The Bertz CT molecular complexity index is 387. The number of carbonyl (C=O) groups is 2. The van der Waals surface area contributed by atoms with Gasteiger partial charge in [-0.3, -0.25) is 4.79 Å². The third-order valence-electron chi connectivity index (χ3n) is 2.23. The molecule has 0 bridgehead atoms. The second kappa shape index (κ2) is 7.06. The fourth-order valence-electron chi connectivity index (χ4n) is 1.23. The average Bonchev–Trinajstić information content (AvgIpc) is 2.73. The summed E-state index contributed by atoms with van der Waals surface area (Å²) in [6.45, 7) is 4.31. The van der Waals surface area contributed by atoms with Gasteiger partial charge in [-0.1, -0.05) is 13.3 Å². The molecule has 1 aromatic heterocycles. The predicted molar refractivity (Wildman–Crippen MR) is 67.3 cm³/mol. The number of nitrogens with one attached hydrogen (secondary N) is 1. The molecule has 5 heteroatoms. The van der Waals surface area contributed by atoms with E-state index < -0.39 is 5.97 Å². The second-order valence-electron chi connectivity index (χ2n) is 3.71. The first-order valence-corrected chi connectivity index (χ1v) is 6.51. The molecular formula is C12H17NO3S. The van der Waals surface area contributed by atoms with Crippen molar-refractivity contribution >= 4 is 23.2 Å². The monoisotopic (exact) mass is 255 g/mol. The number of amides is 1. The lowest BCUT2D eigenvalue weighted by atomic mass is 10.3. The third-order valence-corrected chi connectivity index (χ3v) is 3.23. The smallest absolute Gasteiger partial charge is 0.349 e. The Morgan fingerprint density at radius 3 is 2.82 bits per heavy atom. The molecule has 1 amide bonds. The predicted octanol–water partition coefficient (Wildman–Crippen LogP) is 2.13. The van der Waals surface area contributed by atoms with Gasteiger partial charge in [-0.25, -0.2) is 4.79 Å². The number of unbranched alkanes of at least 4 members (excludes halogenated alkanes) is 1. The first-order chi connectivity index (χ1) is 8.15. The Morgan fingerprint density at radius 2 is 2.24 bits per heavy atom. The summed E-state index contributed by atoms with van der Waals surface area (Å²) in [5.41, 5.74) is 0.881. The molecule has 0 spiro atoms. The quantitative estimate of drug-likeness (QED) is 0.626. The number of thiophene rings is 1. The van der Waals surface area contributed by atoms with Crippen LogP contribution in [-0.2, 0) is 9.53 Å². The summed E-state index contributed by atoms with van der Waals surface area (Å²) in [7, 11) is 0. The van der Waals surface area contributed by atoms with Crippen molar-refractivity contribution < 1.29 is 14.3 Å². The SMILES string of the molecule is CCCCNC(=O)COC(=O)c1sccc1C. The van der Waals surface area contributed by atoms with Crippen molar-refractivity contribution in [3.05, 3.63) is 21.9 Å². The molecule has 4 nitrogen and oxygen atoms in total. The van der Waals surface area contributed by atoms with Crippen LogP contribution in [0.25, 0.3) is 0 Å². The van der Waals surface area contributed by atoms with Gasteiger partial charge in [-0.05, 0) is 30.4 Å². The van der Waals surface area contributed by atoms with Crippen LogP contribution in [-0.4, -0.2) is 25.0 Å². The highest BCUT2D eigenvalue weighted by Crippen LogP contribution is 2.16. The molecule has 17 heavy (non-hydrogen) atoms. The molecule has 1 aromatic rings. The van der Waals surface area contributed by atoms with E-state index in [1.54, 1.807) is 0 Å². The van der Waals surface area contributed by atoms with Gasteiger partial charge < -0.3 is 10.1 Å². The fraction of sp³-hybridized carbons (Fsp3) is 0.500. The van der Waals surface area contributed by atoms with Crippen molar-refractivity contribution in [2.45, 2.75) is 26.7 Å². The van der Waals surface area contributed by atoms with E-state index in [2.05, 4.69) is 5.32 Å². The molecule has 1 heterocycles. The van der Waals surface area contributed by atoms with Gasteiger partial charge in [-0.2, -0.15) is 0 Å². The van der Waals surface area contributed by atoms with Gasteiger partial charge in [0.1, 0.15) is 4.88 Å². The van der Waals surface area contributed by atoms with Crippen LogP contribution in [0, 0.1) is 6.92 Å². The first-order valence-electron chi connectivity index (χ1n) is 5.63. The number of carbonyl (C=O) groups excluding carboxylic acids is 2. The number of hydrogen-bond donors (Lipinski definition) is 1. The maximum atomic E-state index is 11.6. The van der Waals surface area contributed by atoms with Gasteiger partial charge in [0.25, 0.3) is 5.91 Å². The molecule has 0 atom stereocenters. The Labute approximate surface area is 105 Å². The zero-order chi connectivity index (χ0) is 12.7. The van der Waals surface area contributed by atoms with Crippen LogP contribution < -0.4 is 5.32 Å². The summed E-state index contributed by atoms with van der Waals surface area (Å²) in [5.74, 6) is -0.677. The van der Waals surface area contributed by atoms with Gasteiger partial charge in [0, 0.05) is 6.54 Å². The number of esters is 1. The van der Waals surface area contributed by atoms with Crippen LogP contribution in [0.4, 0.5) is 0 Å². The van der Waals surface area contributed by atoms with E-state index in [4.69, 9.17) is 4.74 Å². The molecule has 0 radical (unpaired) electrons. The minimum atomic E-state index is -0.428. The molecule has 1 N–H and O–H groups in total. The highest BCUT2D eigenvalue weighted by Gasteiger charge is 2.13. The normalized spacial score (nSPS) is 10.0. The van der Waals surface area contributed by atoms with Gasteiger partial charge >= 0.3 is 5.97 Å². The number of aryl methyl sites for hydroxylation is 1. The third kappa shape index (κ3) is 4.56. The number of rotatable bonds is 6. The van der Waals surface area contributed by atoms with Gasteiger partial charge in [0.05, 0.1) is 0 Å². The summed E-state index contributed by atoms with van der Waals surface area (Å²) >= 11 is 1.32. The van der Waals surface area contributed by atoms with Crippen molar-refractivity contribution in [2.75, 3.05) is 13.2 Å². The van der Waals surface area contributed by atoms with Crippen molar-refractivity contribution in [3.8, 4) is 0 Å². The molecule has 0 saturated carbocycles. The van der Waals surface area contributed by atoms with Gasteiger partial charge in [0.15, 0.2) is 6.61 Å². The molecule has 0 aliphatic carbocycles. The molecule has 0 aliphatic rings. The maximum Gasteiger partial charge on any atom is 0.349 e. The standard InChI is InChI=1S/C12H17NO3S/c1-3-4-6-13-10(14)8-16-12(15)11-9(2)5-7-17-11/h5,7H,3-4,6,8H2,1-2H3,(H,13,14). The molecule has 0 aliphatic heterocycles. The van der Waals surface area contributed by atoms with Gasteiger partial charge in [0.2, 0.25) is 0 Å². The Balaban J connectivity index is 2.29. The molecule has 0 unspecified atom stereocenters. The van der Waals surface area contributed by atoms with Crippen LogP contribution in [0.3, 0.4) is 0 Å². The number of ether oxygens (including phenoxy) is 1. The fourth-order valence-corrected chi connectivity index (χ4v) is 2.05. The van der Waals surface area contributed by atoms with Gasteiger partial charge in [-0.15, -0.1) is 11.3 Å².